The monoisotopic (exact) mass is 919 g/mol. The molecule has 14 heteroatoms. The van der Waals surface area contributed by atoms with Crippen molar-refractivity contribution in [2.45, 2.75) is 89.4 Å². The lowest BCUT2D eigenvalue weighted by Crippen LogP contribution is -2.29. The number of carbonyl (C=O) groups excluding carboxylic acids is 2. The van der Waals surface area contributed by atoms with Gasteiger partial charge in [-0.3, -0.25) is 4.79 Å². The quantitative estimate of drug-likeness (QED) is 0.0496. The van der Waals surface area contributed by atoms with E-state index in [1.54, 1.807) is 12.1 Å². The number of nitrogens with one attached hydrogen (secondary N) is 2. The minimum atomic E-state index is -3.87. The number of anilines is 1. The van der Waals surface area contributed by atoms with Crippen LogP contribution >= 0.6 is 23.0 Å². The summed E-state index contributed by atoms with van der Waals surface area (Å²) in [4.78, 5) is 26.4. The molecule has 0 bridgehead atoms. The average molecular weight is 920 g/mol. The summed E-state index contributed by atoms with van der Waals surface area (Å²) in [6.07, 6.45) is 13.7. The van der Waals surface area contributed by atoms with E-state index in [0.717, 1.165) is 49.2 Å². The fourth-order valence-electron chi connectivity index (χ4n) is 7.30. The smallest absolute Gasteiger partial charge is 0.407 e. The Kier molecular flexibility index (Phi) is 17.8. The summed E-state index contributed by atoms with van der Waals surface area (Å²) in [6, 6.07) is 13.8. The van der Waals surface area contributed by atoms with Crippen molar-refractivity contribution in [3.05, 3.63) is 89.7 Å². The van der Waals surface area contributed by atoms with Gasteiger partial charge >= 0.3 is 16.2 Å². The molecule has 0 aromatic heterocycles. The summed E-state index contributed by atoms with van der Waals surface area (Å²) in [5.41, 5.74) is 6.20. The van der Waals surface area contributed by atoms with Crippen LogP contribution in [0.2, 0.25) is 0 Å². The van der Waals surface area contributed by atoms with Gasteiger partial charge in [0, 0.05) is 67.0 Å². The molecule has 2 amide bonds. The van der Waals surface area contributed by atoms with Gasteiger partial charge in [0.05, 0.1) is 43.3 Å². The minimum Gasteiger partial charge on any atom is -0.450 e. The predicted octanol–water partition coefficient (Wildman–Crippen LogP) is 7.78. The first kappa shape index (κ1) is 46.1. The fraction of sp³-hybridized carbons (Fsp3) is 0.512. The molecule has 57 heavy (non-hydrogen) atoms. The fourth-order valence-corrected chi connectivity index (χ4v) is 8.50. The largest absolute Gasteiger partial charge is 0.450 e. The number of amides is 2. The number of ether oxygens (including phenoxy) is 3. The third-order valence-corrected chi connectivity index (χ3v) is 12.7. The molecule has 0 saturated heterocycles. The lowest BCUT2D eigenvalue weighted by atomic mass is 9.81. The van der Waals surface area contributed by atoms with Crippen molar-refractivity contribution in [3.8, 4) is 0 Å². The van der Waals surface area contributed by atoms with Crippen LogP contribution in [0.3, 0.4) is 0 Å². The Bertz CT molecular complexity index is 1920. The summed E-state index contributed by atoms with van der Waals surface area (Å²) in [6.45, 7) is 17.2. The highest BCUT2D eigenvalue weighted by Gasteiger charge is 2.45. The highest BCUT2D eigenvalue weighted by molar-refractivity contribution is 14.1. The van der Waals surface area contributed by atoms with Gasteiger partial charge in [-0.1, -0.05) is 57.2 Å². The van der Waals surface area contributed by atoms with Crippen LogP contribution in [0, 0.1) is 0 Å². The Morgan fingerprint density at radius 1 is 0.842 bits per heavy atom. The van der Waals surface area contributed by atoms with E-state index in [1.165, 1.54) is 40.0 Å². The maximum absolute atomic E-state index is 12.6. The first-order chi connectivity index (χ1) is 27.3. The second-order valence-corrected chi connectivity index (χ2v) is 17.6. The number of fused-ring (bicyclic) bond motifs is 2. The highest BCUT2D eigenvalue weighted by Crippen LogP contribution is 2.47. The summed E-state index contributed by atoms with van der Waals surface area (Å²) in [5, 5.41) is 5.53. The third-order valence-electron chi connectivity index (χ3n) is 10.3. The summed E-state index contributed by atoms with van der Waals surface area (Å²) < 4.78 is 48.3. The topological polar surface area (TPSA) is 136 Å². The second kappa shape index (κ2) is 22.0. The maximum atomic E-state index is 12.6. The number of rotatable bonds is 23. The van der Waals surface area contributed by atoms with Gasteiger partial charge in [-0.2, -0.15) is 15.5 Å². The number of allylic oxidation sites excluding steroid dienone is 6. The van der Waals surface area contributed by atoms with Crippen molar-refractivity contribution >= 4 is 62.2 Å². The van der Waals surface area contributed by atoms with Crippen LogP contribution in [0.5, 0.6) is 0 Å². The van der Waals surface area contributed by atoms with E-state index in [-0.39, 0.29) is 16.2 Å². The number of nitrogens with zero attached hydrogens (tertiary/aromatic N) is 2. The molecule has 0 spiro atoms. The molecule has 12 nitrogen and oxygen atoms in total. The maximum Gasteiger partial charge on any atom is 0.407 e. The van der Waals surface area contributed by atoms with Gasteiger partial charge in [-0.05, 0) is 69.9 Å². The summed E-state index contributed by atoms with van der Waals surface area (Å²) in [7, 11) is -3.87. The molecule has 2 aromatic rings. The van der Waals surface area contributed by atoms with Crippen molar-refractivity contribution in [1.29, 1.82) is 0 Å². The van der Waals surface area contributed by atoms with Crippen LogP contribution in [0.4, 0.5) is 16.2 Å². The number of hydrogen-bond acceptors (Lipinski definition) is 9. The molecule has 2 aliphatic heterocycles. The van der Waals surface area contributed by atoms with Crippen molar-refractivity contribution in [3.63, 3.8) is 0 Å². The molecule has 0 aliphatic carbocycles. The Morgan fingerprint density at radius 3 is 2.26 bits per heavy atom. The molecule has 2 heterocycles. The van der Waals surface area contributed by atoms with Crippen LogP contribution in [0.15, 0.2) is 83.4 Å². The van der Waals surface area contributed by atoms with E-state index >= 15 is 0 Å². The van der Waals surface area contributed by atoms with E-state index in [9.17, 15) is 18.0 Å². The van der Waals surface area contributed by atoms with Crippen molar-refractivity contribution < 1.29 is 39.3 Å². The van der Waals surface area contributed by atoms with Gasteiger partial charge in [-0.25, -0.2) is 4.79 Å². The second-order valence-electron chi connectivity index (χ2n) is 15.0. The third kappa shape index (κ3) is 12.2. The molecule has 0 fully saturated rings. The first-order valence-corrected chi connectivity index (χ1v) is 22.2. The molecule has 0 unspecified atom stereocenters. The number of hydrogen-bond donors (Lipinski definition) is 2. The summed E-state index contributed by atoms with van der Waals surface area (Å²) in [5.74, 6) is -0.0152. The van der Waals surface area contributed by atoms with E-state index in [4.69, 9.17) is 16.7 Å². The molecule has 0 atom stereocenters. The molecule has 0 saturated carbocycles. The molecular weight excluding hydrogens is 859 g/mol. The number of alkyl carbamates (subject to hydrolysis) is 1. The van der Waals surface area contributed by atoms with Crippen molar-refractivity contribution in [2.24, 2.45) is 0 Å². The zero-order valence-corrected chi connectivity index (χ0v) is 37.2. The molecule has 2 N–H and O–H groups in total. The number of para-hydroxylation sites is 1. The zero-order valence-electron chi connectivity index (χ0n) is 34.3. The van der Waals surface area contributed by atoms with Crippen LogP contribution < -0.4 is 15.5 Å². The van der Waals surface area contributed by atoms with Gasteiger partial charge in [-0.15, -0.1) is 0 Å². The SMILES string of the molecule is CCCOC(=O)NCCOCCOCCNC(=O)CCCCC[N+]1=C(/C=C/C=C/C=C2\N(CC)c3ccccc3C2(C)C)C(C)(C)c2cc(S(=O)(=O)OI)ccc21. The minimum absolute atomic E-state index is 0.0152. The number of carbonyl (C=O) groups is 2. The normalized spacial score (nSPS) is 16.5. The van der Waals surface area contributed by atoms with Crippen molar-refractivity contribution in [1.82, 2.24) is 10.6 Å². The number of likely N-dealkylation sites (N-methyl/N-ethyl adjacent to an activating group) is 1. The first-order valence-electron chi connectivity index (χ1n) is 19.9. The molecule has 4 rings (SSSR count). The van der Waals surface area contributed by atoms with Crippen molar-refractivity contribution in [2.75, 3.05) is 64.1 Å². The van der Waals surface area contributed by atoms with E-state index in [1.807, 2.05) is 13.0 Å². The molecule has 2 aliphatic rings. The van der Waals surface area contributed by atoms with Gasteiger partial charge < -0.3 is 29.7 Å². The Morgan fingerprint density at radius 2 is 1.56 bits per heavy atom. The average Bonchev–Trinajstić information content (AvgIpc) is 3.54. The van der Waals surface area contributed by atoms with Gasteiger partial charge in [0.1, 0.15) is 29.6 Å². The Hall–Kier alpha value is -3.57. The van der Waals surface area contributed by atoms with Crippen LogP contribution in [-0.4, -0.2) is 89.9 Å². The zero-order chi connectivity index (χ0) is 41.5. The standard InChI is InChI=1S/C43H59IN4O8S/c1-7-27-55-41(50)46-25-29-54-31-30-53-28-24-45-40(49)21-13-10-16-26-48-37-23-22-33(57(51,52)56-44)32-35(37)43(5,6)39(48)20-12-9-11-19-38-42(3,4)34-17-14-15-18-36(34)47(38)8-2/h9,11-12,14-15,17-20,22-23,32H,7-8,10,13,16,21,24-31H2,1-6H3,(H-,45,46,49,50)/p+1. The van der Waals surface area contributed by atoms with Gasteiger partial charge in [0.2, 0.25) is 11.6 Å². The Balaban J connectivity index is 1.30. The van der Waals surface area contributed by atoms with E-state index < -0.39 is 21.6 Å². The lowest BCUT2D eigenvalue weighted by Gasteiger charge is -2.25. The van der Waals surface area contributed by atoms with Crippen LogP contribution in [-0.2, 0) is 42.5 Å². The van der Waals surface area contributed by atoms with Gasteiger partial charge in [0.15, 0.2) is 5.71 Å². The molecular formula is C43H60IN4O8S+. The highest BCUT2D eigenvalue weighted by atomic mass is 127. The molecule has 2 aromatic carbocycles. The summed E-state index contributed by atoms with van der Waals surface area (Å²) >= 11 is 1.41. The molecule has 312 valence electrons. The lowest BCUT2D eigenvalue weighted by molar-refractivity contribution is -0.438. The number of benzene rings is 2. The predicted molar refractivity (Wildman–Crippen MR) is 233 cm³/mol. The number of halogens is 1. The van der Waals surface area contributed by atoms with E-state index in [0.29, 0.717) is 59.1 Å². The number of unbranched alkanes of at least 4 members (excludes halogenated alkanes) is 2. The van der Waals surface area contributed by atoms with E-state index in [2.05, 4.69) is 109 Å². The van der Waals surface area contributed by atoms with Gasteiger partial charge in [0.25, 0.3) is 0 Å². The molecule has 0 radical (unpaired) electrons. The van der Waals surface area contributed by atoms with Crippen LogP contribution in [0.25, 0.3) is 0 Å². The van der Waals surface area contributed by atoms with Crippen LogP contribution in [0.1, 0.15) is 84.8 Å². The Labute approximate surface area is 353 Å².